The average molecular weight is 185 g/mol. The molecule has 2 N–H and O–H groups in total. The zero-order chi connectivity index (χ0) is 9.33. The summed E-state index contributed by atoms with van der Waals surface area (Å²) >= 11 is 0. The smallest absolute Gasteiger partial charge is 0.217 e. The fraction of sp³-hybridized carbons (Fsp3) is 1.00. The van der Waals surface area contributed by atoms with Crippen LogP contribution in [-0.4, -0.2) is 33.2 Å². The van der Waals surface area contributed by atoms with Gasteiger partial charge in [0.15, 0.2) is 0 Å². The fourth-order valence-electron chi connectivity index (χ4n) is 0.289. The van der Waals surface area contributed by atoms with Crippen LogP contribution in [0.5, 0.6) is 0 Å². The third-order valence-electron chi connectivity index (χ3n) is 0.781. The molecule has 0 spiro atoms. The van der Waals surface area contributed by atoms with Crippen LogP contribution in [0.3, 0.4) is 0 Å². The van der Waals surface area contributed by atoms with Crippen molar-refractivity contribution in [3.05, 3.63) is 0 Å². The Balaban J connectivity index is 0. The van der Waals surface area contributed by atoms with Gasteiger partial charge in [0.05, 0.1) is 20.2 Å². The van der Waals surface area contributed by atoms with Crippen molar-refractivity contribution in [2.24, 2.45) is 0 Å². The molecule has 0 unspecified atom stereocenters. The van der Waals surface area contributed by atoms with E-state index in [9.17, 15) is 13.0 Å². The van der Waals surface area contributed by atoms with Crippen LogP contribution in [-0.2, 0) is 14.6 Å². The Morgan fingerprint density at radius 2 is 1.64 bits per heavy atom. The third-order valence-corrected chi connectivity index (χ3v) is 1.19. The Labute approximate surface area is 67.7 Å². The molecule has 0 aliphatic carbocycles. The summed E-state index contributed by atoms with van der Waals surface area (Å²) in [5.74, 6) is 0. The molecule has 0 aromatic rings. The lowest BCUT2D eigenvalue weighted by Crippen LogP contribution is -2.82. The lowest BCUT2D eigenvalue weighted by molar-refractivity contribution is -0.648. The van der Waals surface area contributed by atoms with Crippen molar-refractivity contribution in [3.63, 3.8) is 0 Å². The number of hydrogen-bond acceptors (Lipinski definition) is 4. The van der Waals surface area contributed by atoms with Crippen molar-refractivity contribution in [2.75, 3.05) is 20.2 Å². The highest BCUT2D eigenvalue weighted by molar-refractivity contribution is 7.80. The maximum atomic E-state index is 9.22. The van der Waals surface area contributed by atoms with E-state index in [-0.39, 0.29) is 0 Å². The summed E-state index contributed by atoms with van der Waals surface area (Å²) < 4.78 is 31.0. The first-order chi connectivity index (χ1) is 4.97. The average Bonchev–Trinajstić information content (AvgIpc) is 1.90. The normalized spacial score (nSPS) is 10.2. The van der Waals surface area contributed by atoms with E-state index in [1.54, 1.807) is 0 Å². The van der Waals surface area contributed by atoms with Gasteiger partial charge in [-0.3, -0.25) is 4.18 Å². The Bertz CT molecular complexity index is 152. The van der Waals surface area contributed by atoms with E-state index in [1.807, 2.05) is 0 Å². The van der Waals surface area contributed by atoms with Gasteiger partial charge in [0.1, 0.15) is 0 Å². The van der Waals surface area contributed by atoms with Crippen LogP contribution in [0.4, 0.5) is 0 Å². The van der Waals surface area contributed by atoms with E-state index in [0.29, 0.717) is 0 Å². The Morgan fingerprint density at radius 1 is 1.36 bits per heavy atom. The third kappa shape index (κ3) is 25.8. The molecule has 0 atom stereocenters. The van der Waals surface area contributed by atoms with Crippen LogP contribution in [0.25, 0.3) is 0 Å². The molecule has 0 heterocycles. The summed E-state index contributed by atoms with van der Waals surface area (Å²) in [6.45, 7) is 6.75. The van der Waals surface area contributed by atoms with Crippen molar-refractivity contribution in [2.45, 2.75) is 13.8 Å². The van der Waals surface area contributed by atoms with Crippen molar-refractivity contribution < 1.29 is 22.5 Å². The van der Waals surface area contributed by atoms with Gasteiger partial charge in [-0.2, -0.15) is 0 Å². The summed E-state index contributed by atoms with van der Waals surface area (Å²) in [7, 11) is -3.60. The highest BCUT2D eigenvalue weighted by atomic mass is 32.3. The summed E-state index contributed by atoms with van der Waals surface area (Å²) in [6.07, 6.45) is 0. The molecule has 0 amide bonds. The first kappa shape index (κ1) is 13.4. The Morgan fingerprint density at radius 3 is 1.64 bits per heavy atom. The van der Waals surface area contributed by atoms with Crippen LogP contribution in [0.2, 0.25) is 0 Å². The highest BCUT2D eigenvalue weighted by Gasteiger charge is 1.79. The molecule has 0 aliphatic rings. The number of nitrogens with two attached hydrogens (primary N) is 1. The maximum Gasteiger partial charge on any atom is 0.217 e. The highest BCUT2D eigenvalue weighted by Crippen LogP contribution is 1.74. The van der Waals surface area contributed by atoms with E-state index < -0.39 is 10.4 Å². The number of quaternary nitrogens is 1. The zero-order valence-electron chi connectivity index (χ0n) is 7.03. The number of rotatable bonds is 3. The first-order valence-corrected chi connectivity index (χ1v) is 4.64. The van der Waals surface area contributed by atoms with Crippen molar-refractivity contribution in [1.82, 2.24) is 0 Å². The summed E-state index contributed by atoms with van der Waals surface area (Å²) in [5.41, 5.74) is 0. The number of hydrogen-bond donors (Lipinski definition) is 1. The molecule has 11 heavy (non-hydrogen) atoms. The second-order valence-electron chi connectivity index (χ2n) is 1.68. The molecule has 0 rings (SSSR count). The van der Waals surface area contributed by atoms with E-state index in [0.717, 1.165) is 7.11 Å². The van der Waals surface area contributed by atoms with Gasteiger partial charge in [-0.05, 0) is 13.8 Å². The van der Waals surface area contributed by atoms with Gasteiger partial charge in [0, 0.05) is 0 Å². The predicted molar refractivity (Wildman–Crippen MR) is 39.7 cm³/mol. The molecule has 0 aromatic heterocycles. The maximum absolute atomic E-state index is 9.22. The topological polar surface area (TPSA) is 83.0 Å². The van der Waals surface area contributed by atoms with Crippen LogP contribution >= 0.6 is 0 Å². The fourth-order valence-corrected chi connectivity index (χ4v) is 0.289. The second-order valence-corrected chi connectivity index (χ2v) is 2.83. The van der Waals surface area contributed by atoms with Crippen LogP contribution < -0.4 is 5.32 Å². The van der Waals surface area contributed by atoms with E-state index in [1.165, 1.54) is 13.1 Å². The lowest BCUT2D eigenvalue weighted by Gasteiger charge is -1.98. The largest absolute Gasteiger partial charge is 0.726 e. The van der Waals surface area contributed by atoms with Crippen LogP contribution in [0.15, 0.2) is 0 Å². The zero-order valence-corrected chi connectivity index (χ0v) is 7.85. The molecule has 0 fully saturated rings. The molecule has 0 bridgehead atoms. The molecule has 0 saturated carbocycles. The Kier molecular flexibility index (Phi) is 9.68. The quantitative estimate of drug-likeness (QED) is 0.437. The van der Waals surface area contributed by atoms with Crippen LogP contribution in [0.1, 0.15) is 13.8 Å². The minimum atomic E-state index is -4.41. The van der Waals surface area contributed by atoms with Crippen molar-refractivity contribution in [3.8, 4) is 0 Å². The van der Waals surface area contributed by atoms with E-state index in [4.69, 9.17) is 0 Å². The minimum Gasteiger partial charge on any atom is -0.726 e. The predicted octanol–water partition coefficient (Wildman–Crippen LogP) is -1.32. The van der Waals surface area contributed by atoms with Gasteiger partial charge in [0.25, 0.3) is 0 Å². The van der Waals surface area contributed by atoms with Crippen molar-refractivity contribution >= 4 is 10.4 Å². The van der Waals surface area contributed by atoms with Gasteiger partial charge in [0.2, 0.25) is 10.4 Å². The minimum absolute atomic E-state index is 0.808. The molecule has 0 aromatic carbocycles. The van der Waals surface area contributed by atoms with Gasteiger partial charge < -0.3 is 9.87 Å². The van der Waals surface area contributed by atoms with Crippen LogP contribution in [0, 0.1) is 0 Å². The SMILES string of the molecule is CC[NH2+]CC.COS(=O)(=O)[O-]. The van der Waals surface area contributed by atoms with E-state index in [2.05, 4.69) is 23.3 Å². The molecule has 70 valence electrons. The molecular formula is C5H15NO4S. The van der Waals surface area contributed by atoms with Gasteiger partial charge in [-0.25, -0.2) is 8.42 Å². The molecular weight excluding hydrogens is 170 g/mol. The first-order valence-electron chi connectivity index (χ1n) is 3.31. The van der Waals surface area contributed by atoms with Gasteiger partial charge >= 0.3 is 0 Å². The summed E-state index contributed by atoms with van der Waals surface area (Å²) in [4.78, 5) is 0. The van der Waals surface area contributed by atoms with Crippen molar-refractivity contribution in [1.29, 1.82) is 0 Å². The van der Waals surface area contributed by atoms with Gasteiger partial charge in [-0.15, -0.1) is 0 Å². The summed E-state index contributed by atoms with van der Waals surface area (Å²) in [5, 5.41) is 2.25. The molecule has 6 heteroatoms. The van der Waals surface area contributed by atoms with E-state index >= 15 is 0 Å². The summed E-state index contributed by atoms with van der Waals surface area (Å²) in [6, 6.07) is 0. The molecule has 5 nitrogen and oxygen atoms in total. The molecule has 0 aliphatic heterocycles. The standard InChI is InChI=1S/C4H11N.CH4O4S/c1-3-5-4-2;1-5-6(2,3)4/h5H,3-4H2,1-2H3;1H3,(H,2,3,4). The van der Waals surface area contributed by atoms with Gasteiger partial charge in [-0.1, -0.05) is 0 Å². The second kappa shape index (κ2) is 7.93. The monoisotopic (exact) mass is 185 g/mol. The Hall–Kier alpha value is -0.170. The molecule has 0 radical (unpaired) electrons. The molecule has 0 saturated heterocycles. The lowest BCUT2D eigenvalue weighted by atomic mass is 10.7.